The van der Waals surface area contributed by atoms with Crippen LogP contribution in [-0.2, 0) is 0 Å². The summed E-state index contributed by atoms with van der Waals surface area (Å²) in [6.07, 6.45) is 2.69. The molecule has 2 aromatic rings. The van der Waals surface area contributed by atoms with Crippen LogP contribution in [0, 0.1) is 5.82 Å². The molecule has 1 atom stereocenters. The second-order valence-corrected chi connectivity index (χ2v) is 5.02. The van der Waals surface area contributed by atoms with Gasteiger partial charge in [0.05, 0.1) is 12.2 Å². The van der Waals surface area contributed by atoms with Crippen LogP contribution in [-0.4, -0.2) is 4.98 Å². The molecule has 0 spiro atoms. The van der Waals surface area contributed by atoms with Crippen molar-refractivity contribution in [1.82, 2.24) is 10.4 Å². The summed E-state index contributed by atoms with van der Waals surface area (Å²) in [6, 6.07) is 6.39. The fourth-order valence-electron chi connectivity index (χ4n) is 1.69. The zero-order valence-electron chi connectivity index (χ0n) is 9.20. The Morgan fingerprint density at radius 2 is 2.11 bits per heavy atom. The number of aromatic nitrogens is 1. The van der Waals surface area contributed by atoms with Gasteiger partial charge in [-0.25, -0.2) is 9.82 Å². The topological polar surface area (TPSA) is 50.9 Å². The molecule has 6 heteroatoms. The van der Waals surface area contributed by atoms with Crippen molar-refractivity contribution in [3.8, 4) is 0 Å². The standard InChI is InChI=1S/C12H10BrClFN3/c13-8-1-2-10(11(14)4-8)12(18-16)7-3-9(15)6-17-5-7/h1-6,12,18H,16H2. The van der Waals surface area contributed by atoms with E-state index >= 15 is 0 Å². The summed E-state index contributed by atoms with van der Waals surface area (Å²) in [6.45, 7) is 0. The van der Waals surface area contributed by atoms with E-state index in [1.165, 1.54) is 6.07 Å². The molecule has 0 aliphatic heterocycles. The van der Waals surface area contributed by atoms with Gasteiger partial charge in [-0.1, -0.05) is 33.6 Å². The molecule has 0 amide bonds. The van der Waals surface area contributed by atoms with Crippen LogP contribution in [0.4, 0.5) is 4.39 Å². The van der Waals surface area contributed by atoms with E-state index < -0.39 is 11.9 Å². The third-order valence-electron chi connectivity index (χ3n) is 2.50. The molecule has 0 aliphatic carbocycles. The first-order valence-corrected chi connectivity index (χ1v) is 6.30. The summed E-state index contributed by atoms with van der Waals surface area (Å²) in [7, 11) is 0. The van der Waals surface area contributed by atoms with Crippen molar-refractivity contribution in [2.75, 3.05) is 0 Å². The molecular weight excluding hydrogens is 321 g/mol. The second kappa shape index (κ2) is 5.75. The number of nitrogens with two attached hydrogens (primary N) is 1. The van der Waals surface area contributed by atoms with E-state index in [0.29, 0.717) is 10.6 Å². The van der Waals surface area contributed by atoms with Gasteiger partial charge in [0.1, 0.15) is 5.82 Å². The van der Waals surface area contributed by atoms with Gasteiger partial charge in [0.25, 0.3) is 0 Å². The summed E-state index contributed by atoms with van der Waals surface area (Å²) >= 11 is 9.48. The van der Waals surface area contributed by atoms with Gasteiger partial charge in [0, 0.05) is 15.7 Å². The zero-order valence-corrected chi connectivity index (χ0v) is 11.5. The average molecular weight is 331 g/mol. The predicted molar refractivity (Wildman–Crippen MR) is 72.5 cm³/mol. The lowest BCUT2D eigenvalue weighted by Gasteiger charge is -2.18. The quantitative estimate of drug-likeness (QED) is 0.671. The monoisotopic (exact) mass is 329 g/mol. The highest BCUT2D eigenvalue weighted by Crippen LogP contribution is 2.30. The Labute approximate surface area is 117 Å². The first kappa shape index (κ1) is 13.4. The van der Waals surface area contributed by atoms with Crippen LogP contribution in [0.5, 0.6) is 0 Å². The lowest BCUT2D eigenvalue weighted by atomic mass is 10.0. The molecule has 2 rings (SSSR count). The maximum atomic E-state index is 13.2. The van der Waals surface area contributed by atoms with Crippen molar-refractivity contribution in [2.45, 2.75) is 6.04 Å². The minimum absolute atomic E-state index is 0.409. The zero-order chi connectivity index (χ0) is 13.1. The summed E-state index contributed by atoms with van der Waals surface area (Å²) in [5, 5.41) is 0.539. The maximum absolute atomic E-state index is 13.2. The van der Waals surface area contributed by atoms with Crippen molar-refractivity contribution in [3.05, 3.63) is 63.1 Å². The van der Waals surface area contributed by atoms with E-state index in [9.17, 15) is 4.39 Å². The number of rotatable bonds is 3. The van der Waals surface area contributed by atoms with Crippen LogP contribution in [0.15, 0.2) is 41.1 Å². The van der Waals surface area contributed by atoms with Crippen LogP contribution in [0.25, 0.3) is 0 Å². The molecule has 0 radical (unpaired) electrons. The van der Waals surface area contributed by atoms with Crippen molar-refractivity contribution >= 4 is 27.5 Å². The minimum Gasteiger partial charge on any atom is -0.271 e. The van der Waals surface area contributed by atoms with E-state index in [4.69, 9.17) is 17.4 Å². The van der Waals surface area contributed by atoms with Crippen molar-refractivity contribution in [3.63, 3.8) is 0 Å². The number of pyridine rings is 1. The third kappa shape index (κ3) is 2.87. The Kier molecular flexibility index (Phi) is 4.29. The Morgan fingerprint density at radius 1 is 1.33 bits per heavy atom. The molecule has 0 aliphatic rings. The summed E-state index contributed by atoms with van der Waals surface area (Å²) < 4.78 is 14.0. The molecule has 1 unspecified atom stereocenters. The molecule has 3 nitrogen and oxygen atoms in total. The number of nitrogens with one attached hydrogen (secondary N) is 1. The van der Waals surface area contributed by atoms with Gasteiger partial charge in [-0.3, -0.25) is 10.8 Å². The first-order valence-electron chi connectivity index (χ1n) is 5.13. The van der Waals surface area contributed by atoms with Crippen molar-refractivity contribution in [1.29, 1.82) is 0 Å². The number of hydrogen-bond acceptors (Lipinski definition) is 3. The van der Waals surface area contributed by atoms with E-state index in [1.807, 2.05) is 12.1 Å². The van der Waals surface area contributed by atoms with Crippen LogP contribution in [0.3, 0.4) is 0 Å². The predicted octanol–water partition coefficient (Wildman–Crippen LogP) is 3.19. The summed E-state index contributed by atoms with van der Waals surface area (Å²) in [4.78, 5) is 3.80. The highest BCUT2D eigenvalue weighted by Gasteiger charge is 2.16. The summed E-state index contributed by atoms with van der Waals surface area (Å²) in [5.74, 6) is 5.11. The molecule has 0 saturated carbocycles. The van der Waals surface area contributed by atoms with Crippen molar-refractivity contribution < 1.29 is 4.39 Å². The number of benzene rings is 1. The third-order valence-corrected chi connectivity index (χ3v) is 3.32. The molecular formula is C12H10BrClFN3. The lowest BCUT2D eigenvalue weighted by Crippen LogP contribution is -2.29. The number of hydrogen-bond donors (Lipinski definition) is 2. The fourth-order valence-corrected chi connectivity index (χ4v) is 2.47. The molecule has 94 valence electrons. The van der Waals surface area contributed by atoms with Crippen LogP contribution < -0.4 is 11.3 Å². The number of halogens is 3. The average Bonchev–Trinajstić information content (AvgIpc) is 2.33. The van der Waals surface area contributed by atoms with Crippen LogP contribution >= 0.6 is 27.5 Å². The van der Waals surface area contributed by atoms with Gasteiger partial charge in [-0.15, -0.1) is 0 Å². The molecule has 18 heavy (non-hydrogen) atoms. The van der Waals surface area contributed by atoms with Crippen LogP contribution in [0.1, 0.15) is 17.2 Å². The van der Waals surface area contributed by atoms with E-state index in [-0.39, 0.29) is 0 Å². The Bertz CT molecular complexity index is 565. The van der Waals surface area contributed by atoms with E-state index in [1.54, 1.807) is 12.3 Å². The van der Waals surface area contributed by atoms with Gasteiger partial charge in [0.15, 0.2) is 0 Å². The van der Waals surface area contributed by atoms with Gasteiger partial charge < -0.3 is 0 Å². The molecule has 1 aromatic carbocycles. The maximum Gasteiger partial charge on any atom is 0.141 e. The van der Waals surface area contributed by atoms with Crippen molar-refractivity contribution in [2.24, 2.45) is 5.84 Å². The normalized spacial score (nSPS) is 12.4. The molecule has 0 saturated heterocycles. The highest BCUT2D eigenvalue weighted by molar-refractivity contribution is 9.10. The van der Waals surface area contributed by atoms with Gasteiger partial charge in [-0.2, -0.15) is 0 Å². The van der Waals surface area contributed by atoms with E-state index in [2.05, 4.69) is 26.3 Å². The van der Waals surface area contributed by atoms with Gasteiger partial charge in [-0.05, 0) is 29.3 Å². The second-order valence-electron chi connectivity index (χ2n) is 3.70. The first-order chi connectivity index (χ1) is 8.61. The highest BCUT2D eigenvalue weighted by atomic mass is 79.9. The molecule has 1 heterocycles. The Morgan fingerprint density at radius 3 is 2.72 bits per heavy atom. The molecule has 1 aromatic heterocycles. The number of hydrazine groups is 1. The Balaban J connectivity index is 2.45. The van der Waals surface area contributed by atoms with Crippen LogP contribution in [0.2, 0.25) is 5.02 Å². The minimum atomic E-state index is -0.416. The SMILES string of the molecule is NNC(c1cncc(F)c1)c1ccc(Br)cc1Cl. The van der Waals surface area contributed by atoms with E-state index in [0.717, 1.165) is 16.2 Å². The largest absolute Gasteiger partial charge is 0.271 e. The fraction of sp³-hybridized carbons (Fsp3) is 0.0833. The Hall–Kier alpha value is -1.01. The smallest absolute Gasteiger partial charge is 0.141 e. The summed E-state index contributed by atoms with van der Waals surface area (Å²) in [5.41, 5.74) is 3.99. The lowest BCUT2D eigenvalue weighted by molar-refractivity contribution is 0.598. The molecule has 3 N–H and O–H groups in total. The van der Waals surface area contributed by atoms with Gasteiger partial charge in [0.2, 0.25) is 0 Å². The number of nitrogens with zero attached hydrogens (tertiary/aromatic N) is 1. The van der Waals surface area contributed by atoms with Gasteiger partial charge >= 0.3 is 0 Å². The molecule has 0 fully saturated rings. The molecule has 0 bridgehead atoms.